The summed E-state index contributed by atoms with van der Waals surface area (Å²) in [5.41, 5.74) is 0.719. The second-order valence-corrected chi connectivity index (χ2v) is 11.5. The fraction of sp³-hybridized carbons (Fsp3) is 0.483. The lowest BCUT2D eigenvalue weighted by atomic mass is 9.91. The average Bonchev–Trinajstić information content (AvgIpc) is 2.79. The number of nitrogens with one attached hydrogen (secondary N) is 2. The molecule has 0 aliphatic heterocycles. The lowest BCUT2D eigenvalue weighted by molar-refractivity contribution is -0.147. The number of amides is 3. The Hall–Kier alpha value is -3.26. The summed E-state index contributed by atoms with van der Waals surface area (Å²) in [7, 11) is 0. The van der Waals surface area contributed by atoms with Crippen LogP contribution in [0.4, 0.5) is 10.5 Å². The average molecular weight is 546 g/mol. The molecule has 38 heavy (non-hydrogen) atoms. The standard InChI is InChI=1S/C29H40ClN3O5/c1-10-29(8,9)33(26(36)19(4)31-27(37)38-28(5,6)7)24(20-14-15-22(34)18(3)16-20)25(35)32-23-17(2)12-11-13-21(23)30/h11-16,19,24,34H,10H2,1-9H3,(H,31,37)(H,32,35). The van der Waals surface area contributed by atoms with Gasteiger partial charge in [-0.15, -0.1) is 0 Å². The molecule has 0 fully saturated rings. The minimum absolute atomic E-state index is 0.0717. The molecule has 9 heteroatoms. The number of nitrogens with zero attached hydrogens (tertiary/aromatic N) is 1. The van der Waals surface area contributed by atoms with E-state index in [0.717, 1.165) is 5.56 Å². The molecule has 2 aromatic rings. The minimum Gasteiger partial charge on any atom is -0.508 e. The lowest BCUT2D eigenvalue weighted by Crippen LogP contribution is -2.58. The van der Waals surface area contributed by atoms with E-state index < -0.39 is 41.1 Å². The van der Waals surface area contributed by atoms with Crippen molar-refractivity contribution >= 4 is 35.2 Å². The zero-order valence-electron chi connectivity index (χ0n) is 23.7. The molecular weight excluding hydrogens is 506 g/mol. The number of rotatable bonds is 8. The molecule has 2 aromatic carbocycles. The Morgan fingerprint density at radius 1 is 1.05 bits per heavy atom. The fourth-order valence-corrected chi connectivity index (χ4v) is 4.22. The maximum Gasteiger partial charge on any atom is 0.408 e. The van der Waals surface area contributed by atoms with E-state index in [9.17, 15) is 19.5 Å². The fourth-order valence-electron chi connectivity index (χ4n) is 3.95. The van der Waals surface area contributed by atoms with Gasteiger partial charge in [0.05, 0.1) is 10.7 Å². The van der Waals surface area contributed by atoms with Gasteiger partial charge >= 0.3 is 6.09 Å². The SMILES string of the molecule is CCC(C)(C)N(C(=O)C(C)NC(=O)OC(C)(C)C)C(C(=O)Nc1c(C)cccc1Cl)c1ccc(O)c(C)c1. The maximum absolute atomic E-state index is 14.0. The molecule has 0 spiro atoms. The summed E-state index contributed by atoms with van der Waals surface area (Å²) in [4.78, 5) is 42.0. The van der Waals surface area contributed by atoms with Crippen molar-refractivity contribution in [2.24, 2.45) is 0 Å². The molecule has 2 unspecified atom stereocenters. The van der Waals surface area contributed by atoms with E-state index >= 15 is 0 Å². The molecule has 2 atom stereocenters. The van der Waals surface area contributed by atoms with Crippen LogP contribution in [0.5, 0.6) is 5.75 Å². The van der Waals surface area contributed by atoms with Gasteiger partial charge < -0.3 is 25.4 Å². The van der Waals surface area contributed by atoms with Crippen molar-refractivity contribution in [3.8, 4) is 5.75 Å². The van der Waals surface area contributed by atoms with Gasteiger partial charge in [0.1, 0.15) is 23.4 Å². The summed E-state index contributed by atoms with van der Waals surface area (Å²) in [6, 6.07) is 7.98. The van der Waals surface area contributed by atoms with Gasteiger partial charge in [0, 0.05) is 5.54 Å². The lowest BCUT2D eigenvalue weighted by Gasteiger charge is -2.44. The van der Waals surface area contributed by atoms with Gasteiger partial charge in [-0.2, -0.15) is 0 Å². The Kier molecular flexibility index (Phi) is 9.83. The summed E-state index contributed by atoms with van der Waals surface area (Å²) in [6.45, 7) is 15.9. The Bertz CT molecular complexity index is 1170. The predicted octanol–water partition coefficient (Wildman–Crippen LogP) is 6.27. The van der Waals surface area contributed by atoms with Crippen molar-refractivity contribution in [1.82, 2.24) is 10.2 Å². The first kappa shape index (κ1) is 31.0. The minimum atomic E-state index is -1.10. The highest BCUT2D eigenvalue weighted by molar-refractivity contribution is 6.34. The molecule has 3 amide bonds. The van der Waals surface area contributed by atoms with Crippen LogP contribution in [0.2, 0.25) is 5.02 Å². The van der Waals surface area contributed by atoms with Crippen molar-refractivity contribution in [3.63, 3.8) is 0 Å². The number of ether oxygens (including phenoxy) is 1. The highest BCUT2D eigenvalue weighted by Gasteiger charge is 2.42. The Labute approximate surface area is 230 Å². The van der Waals surface area contributed by atoms with E-state index in [0.29, 0.717) is 28.3 Å². The molecule has 8 nitrogen and oxygen atoms in total. The predicted molar refractivity (Wildman–Crippen MR) is 150 cm³/mol. The summed E-state index contributed by atoms with van der Waals surface area (Å²) in [6.07, 6.45) is -0.218. The summed E-state index contributed by atoms with van der Waals surface area (Å²) in [5, 5.41) is 16.0. The van der Waals surface area contributed by atoms with E-state index in [1.54, 1.807) is 58.9 Å². The molecule has 3 N–H and O–H groups in total. The monoisotopic (exact) mass is 545 g/mol. The Balaban J connectivity index is 2.62. The first-order valence-corrected chi connectivity index (χ1v) is 13.0. The quantitative estimate of drug-likeness (QED) is 0.362. The number of hydrogen-bond acceptors (Lipinski definition) is 5. The Morgan fingerprint density at radius 2 is 1.68 bits per heavy atom. The van der Waals surface area contributed by atoms with Crippen LogP contribution >= 0.6 is 11.6 Å². The van der Waals surface area contributed by atoms with Crippen LogP contribution in [0.15, 0.2) is 36.4 Å². The molecule has 208 valence electrons. The molecule has 2 rings (SSSR count). The summed E-state index contributed by atoms with van der Waals surface area (Å²) in [5.74, 6) is -0.877. The van der Waals surface area contributed by atoms with Crippen molar-refractivity contribution in [1.29, 1.82) is 0 Å². The van der Waals surface area contributed by atoms with Gasteiger partial charge in [-0.3, -0.25) is 9.59 Å². The van der Waals surface area contributed by atoms with Crippen LogP contribution in [0.3, 0.4) is 0 Å². The van der Waals surface area contributed by atoms with Gasteiger partial charge in [0.2, 0.25) is 5.91 Å². The van der Waals surface area contributed by atoms with Crippen LogP contribution in [-0.4, -0.2) is 45.1 Å². The number of hydrogen-bond donors (Lipinski definition) is 3. The number of phenolic OH excluding ortho intramolecular Hbond substituents is 1. The van der Waals surface area contributed by atoms with Crippen molar-refractivity contribution in [2.45, 2.75) is 92.0 Å². The maximum atomic E-state index is 14.0. The normalized spacial score (nSPS) is 13.3. The van der Waals surface area contributed by atoms with E-state index in [1.807, 2.05) is 33.8 Å². The van der Waals surface area contributed by atoms with Gasteiger partial charge in [-0.25, -0.2) is 4.79 Å². The van der Waals surface area contributed by atoms with E-state index in [4.69, 9.17) is 16.3 Å². The largest absolute Gasteiger partial charge is 0.508 e. The van der Waals surface area contributed by atoms with Crippen LogP contribution in [0.25, 0.3) is 0 Å². The van der Waals surface area contributed by atoms with E-state index in [1.165, 1.54) is 11.0 Å². The molecule has 0 aliphatic rings. The zero-order valence-corrected chi connectivity index (χ0v) is 24.5. The number of phenols is 1. The van der Waals surface area contributed by atoms with Gasteiger partial charge in [0.15, 0.2) is 0 Å². The smallest absolute Gasteiger partial charge is 0.408 e. The van der Waals surface area contributed by atoms with Crippen molar-refractivity contribution in [2.75, 3.05) is 5.32 Å². The molecule has 0 heterocycles. The number of aromatic hydroxyl groups is 1. The topological polar surface area (TPSA) is 108 Å². The number of alkyl carbamates (subject to hydrolysis) is 1. The Morgan fingerprint density at radius 3 is 2.21 bits per heavy atom. The van der Waals surface area contributed by atoms with Gasteiger partial charge in [0.25, 0.3) is 5.91 Å². The number of halogens is 1. The number of carbonyl (C=O) groups is 3. The molecule has 0 aromatic heterocycles. The zero-order chi connectivity index (χ0) is 29.0. The summed E-state index contributed by atoms with van der Waals surface area (Å²) < 4.78 is 5.33. The van der Waals surface area contributed by atoms with E-state index in [2.05, 4.69) is 10.6 Å². The molecule has 0 radical (unpaired) electrons. The van der Waals surface area contributed by atoms with Crippen LogP contribution in [-0.2, 0) is 14.3 Å². The highest BCUT2D eigenvalue weighted by Crippen LogP contribution is 2.35. The summed E-state index contributed by atoms with van der Waals surface area (Å²) >= 11 is 6.40. The third kappa shape index (κ3) is 7.63. The highest BCUT2D eigenvalue weighted by atomic mass is 35.5. The van der Waals surface area contributed by atoms with Crippen molar-refractivity contribution in [3.05, 3.63) is 58.1 Å². The number of para-hydroxylation sites is 1. The first-order chi connectivity index (χ1) is 17.5. The third-order valence-electron chi connectivity index (χ3n) is 6.37. The second kappa shape index (κ2) is 12.1. The van der Waals surface area contributed by atoms with Crippen LogP contribution < -0.4 is 10.6 Å². The third-order valence-corrected chi connectivity index (χ3v) is 6.69. The molecule has 0 saturated carbocycles. The number of benzene rings is 2. The number of anilines is 1. The van der Waals surface area contributed by atoms with Crippen LogP contribution in [0, 0.1) is 13.8 Å². The van der Waals surface area contributed by atoms with Gasteiger partial charge in [-0.05, 0) is 96.7 Å². The number of carbonyl (C=O) groups excluding carboxylic acids is 3. The molecular formula is C29H40ClN3O5. The first-order valence-electron chi connectivity index (χ1n) is 12.7. The molecule has 0 bridgehead atoms. The number of aryl methyl sites for hydroxylation is 2. The van der Waals surface area contributed by atoms with Crippen LogP contribution in [0.1, 0.15) is 77.6 Å². The van der Waals surface area contributed by atoms with E-state index in [-0.39, 0.29) is 5.75 Å². The molecule has 0 saturated heterocycles. The van der Waals surface area contributed by atoms with Crippen molar-refractivity contribution < 1.29 is 24.2 Å². The molecule has 0 aliphatic carbocycles. The second-order valence-electron chi connectivity index (χ2n) is 11.1. The van der Waals surface area contributed by atoms with Gasteiger partial charge in [-0.1, -0.05) is 36.7 Å².